The monoisotopic (exact) mass is 440 g/mol. The number of rotatable bonds is 9. The molecule has 0 saturated heterocycles. The lowest BCUT2D eigenvalue weighted by molar-refractivity contribution is -0.152. The third-order valence-electron chi connectivity index (χ3n) is 4.09. The third kappa shape index (κ3) is 6.73. The number of carboxylic acids is 1. The van der Waals surface area contributed by atoms with Crippen molar-refractivity contribution in [3.05, 3.63) is 65.7 Å². The average molecular weight is 440 g/mol. The van der Waals surface area contributed by atoms with E-state index in [2.05, 4.69) is 6.58 Å². The van der Waals surface area contributed by atoms with Gasteiger partial charge in [0.2, 0.25) is 0 Å². The average Bonchev–Trinajstić information content (AvgIpc) is 2.66. The molecule has 0 spiro atoms. The highest BCUT2D eigenvalue weighted by atomic mass is 32.2. The molecule has 0 aliphatic rings. The first-order chi connectivity index (χ1) is 13.9. The van der Waals surface area contributed by atoms with E-state index >= 15 is 0 Å². The second kappa shape index (κ2) is 9.47. The van der Waals surface area contributed by atoms with E-state index < -0.39 is 23.3 Å². The number of benzene rings is 2. The van der Waals surface area contributed by atoms with Crippen molar-refractivity contribution in [3.8, 4) is 11.5 Å². The van der Waals surface area contributed by atoms with Gasteiger partial charge in [-0.1, -0.05) is 6.58 Å². The van der Waals surface area contributed by atoms with E-state index in [1.807, 2.05) is 19.1 Å². The minimum absolute atomic E-state index is 0.186. The van der Waals surface area contributed by atoms with Crippen LogP contribution in [0, 0.1) is 6.92 Å². The van der Waals surface area contributed by atoms with Crippen molar-refractivity contribution in [3.63, 3.8) is 0 Å². The Balaban J connectivity index is 1.86. The van der Waals surface area contributed by atoms with Gasteiger partial charge in [0.15, 0.2) is 5.60 Å². The van der Waals surface area contributed by atoms with Gasteiger partial charge in [-0.15, -0.1) is 11.8 Å². The first-order valence-corrected chi connectivity index (χ1v) is 9.99. The van der Waals surface area contributed by atoms with Crippen LogP contribution in [0.3, 0.4) is 0 Å². The summed E-state index contributed by atoms with van der Waals surface area (Å²) in [5.41, 5.74) is -0.479. The van der Waals surface area contributed by atoms with E-state index in [0.29, 0.717) is 17.3 Å². The van der Waals surface area contributed by atoms with E-state index in [4.69, 9.17) is 9.47 Å². The third-order valence-corrected chi connectivity index (χ3v) is 5.23. The van der Waals surface area contributed by atoms with Gasteiger partial charge in [0.1, 0.15) is 18.1 Å². The molecule has 162 valence electrons. The van der Waals surface area contributed by atoms with E-state index in [9.17, 15) is 23.1 Å². The highest BCUT2D eigenvalue weighted by molar-refractivity contribution is 7.99. The summed E-state index contributed by atoms with van der Waals surface area (Å²) in [6.07, 6.45) is -4.37. The Bertz CT molecular complexity index is 906. The molecule has 0 aliphatic carbocycles. The predicted octanol–water partition coefficient (Wildman–Crippen LogP) is 5.98. The summed E-state index contributed by atoms with van der Waals surface area (Å²) in [5.74, 6) is 0.342. The molecule has 0 aliphatic heterocycles. The summed E-state index contributed by atoms with van der Waals surface area (Å²) in [5, 5.41) is 9.17. The van der Waals surface area contributed by atoms with E-state index in [0.717, 1.165) is 28.2 Å². The Labute approximate surface area is 177 Å². The molecular formula is C22H23F3O4S. The minimum atomic E-state index is -4.37. The quantitative estimate of drug-likeness (QED) is 0.384. The number of carbonyl (C=O) groups is 1. The van der Waals surface area contributed by atoms with Gasteiger partial charge in [-0.3, -0.25) is 0 Å². The van der Waals surface area contributed by atoms with Crippen molar-refractivity contribution >= 4 is 17.7 Å². The number of aliphatic carboxylic acids is 1. The number of ether oxygens (including phenoxy) is 2. The summed E-state index contributed by atoms with van der Waals surface area (Å²) < 4.78 is 48.8. The molecular weight excluding hydrogens is 417 g/mol. The molecule has 4 nitrogen and oxygen atoms in total. The summed E-state index contributed by atoms with van der Waals surface area (Å²) >= 11 is 1.52. The summed E-state index contributed by atoms with van der Waals surface area (Å²) in [6, 6.07) is 9.96. The van der Waals surface area contributed by atoms with Crippen molar-refractivity contribution < 1.29 is 32.5 Å². The van der Waals surface area contributed by atoms with E-state index in [-0.39, 0.29) is 6.61 Å². The maximum absolute atomic E-state index is 12.6. The zero-order valence-corrected chi connectivity index (χ0v) is 17.7. The fraction of sp³-hybridized carbons (Fsp3) is 0.318. The lowest BCUT2D eigenvalue weighted by Gasteiger charge is -2.23. The Morgan fingerprint density at radius 3 is 2.30 bits per heavy atom. The molecule has 1 N–H and O–H groups in total. The smallest absolute Gasteiger partial charge is 0.416 e. The zero-order valence-electron chi connectivity index (χ0n) is 16.9. The van der Waals surface area contributed by atoms with Crippen LogP contribution in [0.4, 0.5) is 13.2 Å². The molecule has 0 unspecified atom stereocenters. The number of halogens is 3. The van der Waals surface area contributed by atoms with Crippen LogP contribution in [0.25, 0.3) is 0 Å². The van der Waals surface area contributed by atoms with Crippen molar-refractivity contribution in [1.29, 1.82) is 0 Å². The molecule has 0 heterocycles. The molecule has 0 radical (unpaired) electrons. The second-order valence-electron chi connectivity index (χ2n) is 7.19. The van der Waals surface area contributed by atoms with Crippen LogP contribution in [0.5, 0.6) is 11.5 Å². The molecule has 0 bridgehead atoms. The zero-order chi connectivity index (χ0) is 22.5. The lowest BCUT2D eigenvalue weighted by Crippen LogP contribution is -2.38. The summed E-state index contributed by atoms with van der Waals surface area (Å²) in [4.78, 5) is 12.2. The first kappa shape index (κ1) is 23.7. The van der Waals surface area contributed by atoms with Crippen LogP contribution in [0.15, 0.2) is 59.5 Å². The standard InChI is InChI=1S/C22H23F3O4S/c1-14(12-28-17-7-5-16(6-8-17)22(23,24)25)13-30-18-9-10-19(15(2)11-18)29-21(3,4)20(26)27/h5-11H,1,12-13H2,2-4H3,(H,26,27). The highest BCUT2D eigenvalue weighted by Gasteiger charge is 2.30. The van der Waals surface area contributed by atoms with Crippen molar-refractivity contribution in [2.24, 2.45) is 0 Å². The maximum atomic E-state index is 12.6. The van der Waals surface area contributed by atoms with Crippen LogP contribution in [-0.2, 0) is 11.0 Å². The highest BCUT2D eigenvalue weighted by Crippen LogP contribution is 2.31. The van der Waals surface area contributed by atoms with Crippen LogP contribution >= 0.6 is 11.8 Å². The predicted molar refractivity (Wildman–Crippen MR) is 110 cm³/mol. The van der Waals surface area contributed by atoms with Gasteiger partial charge in [-0.05, 0) is 74.4 Å². The van der Waals surface area contributed by atoms with Crippen molar-refractivity contribution in [2.75, 3.05) is 12.4 Å². The van der Waals surface area contributed by atoms with Gasteiger partial charge in [0, 0.05) is 10.6 Å². The fourth-order valence-electron chi connectivity index (χ4n) is 2.30. The van der Waals surface area contributed by atoms with Crippen molar-refractivity contribution in [1.82, 2.24) is 0 Å². The Hall–Kier alpha value is -2.61. The van der Waals surface area contributed by atoms with E-state index in [1.165, 1.54) is 37.7 Å². The molecule has 0 aromatic heterocycles. The molecule has 8 heteroatoms. The molecule has 2 rings (SSSR count). The number of alkyl halides is 3. The van der Waals surface area contributed by atoms with E-state index in [1.54, 1.807) is 6.07 Å². The lowest BCUT2D eigenvalue weighted by atomic mass is 10.1. The summed E-state index contributed by atoms with van der Waals surface area (Å²) in [6.45, 7) is 8.92. The number of aryl methyl sites for hydroxylation is 1. The number of hydrogen-bond donors (Lipinski definition) is 1. The minimum Gasteiger partial charge on any atom is -0.489 e. The van der Waals surface area contributed by atoms with Gasteiger partial charge in [0.05, 0.1) is 5.56 Å². The number of carboxylic acid groups (broad SMARTS) is 1. The molecule has 2 aromatic rings. The van der Waals surface area contributed by atoms with Crippen molar-refractivity contribution in [2.45, 2.75) is 37.4 Å². The molecule has 0 amide bonds. The maximum Gasteiger partial charge on any atom is 0.416 e. The van der Waals surface area contributed by atoms with Gasteiger partial charge in [-0.25, -0.2) is 4.79 Å². The largest absolute Gasteiger partial charge is 0.489 e. The normalized spacial score (nSPS) is 11.8. The Kier molecular flexibility index (Phi) is 7.47. The van der Waals surface area contributed by atoms with Crippen LogP contribution in [-0.4, -0.2) is 29.0 Å². The first-order valence-electron chi connectivity index (χ1n) is 9.01. The van der Waals surface area contributed by atoms with Gasteiger partial charge < -0.3 is 14.6 Å². The van der Waals surface area contributed by atoms with Crippen LogP contribution in [0.2, 0.25) is 0 Å². The second-order valence-corrected chi connectivity index (χ2v) is 8.24. The SMILES string of the molecule is C=C(COc1ccc(C(F)(F)F)cc1)CSc1ccc(OC(C)(C)C(=O)O)c(C)c1. The van der Waals surface area contributed by atoms with Gasteiger partial charge in [-0.2, -0.15) is 13.2 Å². The molecule has 0 saturated carbocycles. The molecule has 0 fully saturated rings. The number of hydrogen-bond acceptors (Lipinski definition) is 4. The Morgan fingerprint density at radius 1 is 1.13 bits per heavy atom. The number of thioether (sulfide) groups is 1. The molecule has 0 atom stereocenters. The van der Waals surface area contributed by atoms with Crippen LogP contribution in [0.1, 0.15) is 25.0 Å². The Morgan fingerprint density at radius 2 is 1.77 bits per heavy atom. The van der Waals surface area contributed by atoms with Gasteiger partial charge in [0.25, 0.3) is 0 Å². The fourth-order valence-corrected chi connectivity index (χ4v) is 3.18. The molecule has 2 aromatic carbocycles. The summed E-state index contributed by atoms with van der Waals surface area (Å²) in [7, 11) is 0. The molecule has 30 heavy (non-hydrogen) atoms. The topological polar surface area (TPSA) is 55.8 Å². The van der Waals surface area contributed by atoms with Gasteiger partial charge >= 0.3 is 12.1 Å². The van der Waals surface area contributed by atoms with Crippen LogP contribution < -0.4 is 9.47 Å².